The van der Waals surface area contributed by atoms with Crippen LogP contribution in [0.2, 0.25) is 10.0 Å². The molecule has 0 aromatic heterocycles. The first kappa shape index (κ1) is 22.7. The molecule has 2 aromatic rings. The maximum absolute atomic E-state index is 11.9. The summed E-state index contributed by atoms with van der Waals surface area (Å²) in [5, 5.41) is 13.9. The lowest BCUT2D eigenvalue weighted by molar-refractivity contribution is -0.117. The molecule has 2 N–H and O–H groups in total. The standard InChI is InChI=1S/C22H25Cl2NO2S/c1-5-14(4)25-22(27)12-28-16-10-19(23)18(20(24)11-16)9-15-6-7-21(26)17(8-15)13(2)3/h6-8,10-11,13,26H,4-5,9,12H2,1-3H3,(H,25,27). The zero-order valence-electron chi connectivity index (χ0n) is 16.3. The Labute approximate surface area is 181 Å². The Morgan fingerprint density at radius 3 is 2.43 bits per heavy atom. The van der Waals surface area contributed by atoms with E-state index in [2.05, 4.69) is 11.9 Å². The van der Waals surface area contributed by atoms with Gasteiger partial charge in [0, 0.05) is 27.1 Å². The number of phenols is 1. The molecule has 1 amide bonds. The van der Waals surface area contributed by atoms with Crippen molar-refractivity contribution in [1.82, 2.24) is 5.32 Å². The molecular weight excluding hydrogens is 413 g/mol. The van der Waals surface area contributed by atoms with Gasteiger partial charge in [-0.25, -0.2) is 0 Å². The highest BCUT2D eigenvalue weighted by Gasteiger charge is 2.13. The number of phenolic OH excluding ortho intramolecular Hbond substituents is 1. The van der Waals surface area contributed by atoms with Crippen LogP contribution in [0.4, 0.5) is 0 Å². The molecule has 0 spiro atoms. The minimum absolute atomic E-state index is 0.0986. The number of carbonyl (C=O) groups is 1. The number of hydrogen-bond acceptors (Lipinski definition) is 3. The molecule has 28 heavy (non-hydrogen) atoms. The summed E-state index contributed by atoms with van der Waals surface area (Å²) in [6, 6.07) is 9.24. The van der Waals surface area contributed by atoms with Crippen LogP contribution in [-0.4, -0.2) is 16.8 Å². The van der Waals surface area contributed by atoms with Gasteiger partial charge in [-0.05, 0) is 47.2 Å². The Bertz CT molecular complexity index is 858. The molecule has 150 valence electrons. The van der Waals surface area contributed by atoms with Gasteiger partial charge in [-0.15, -0.1) is 11.8 Å². The topological polar surface area (TPSA) is 49.3 Å². The molecule has 0 atom stereocenters. The van der Waals surface area contributed by atoms with Crippen molar-refractivity contribution in [3.05, 3.63) is 69.3 Å². The number of carbonyl (C=O) groups excluding carboxylic acids is 1. The zero-order valence-corrected chi connectivity index (χ0v) is 18.6. The van der Waals surface area contributed by atoms with Gasteiger partial charge in [0.25, 0.3) is 0 Å². The lowest BCUT2D eigenvalue weighted by atomic mass is 9.96. The maximum Gasteiger partial charge on any atom is 0.234 e. The van der Waals surface area contributed by atoms with Crippen molar-refractivity contribution in [2.75, 3.05) is 5.75 Å². The molecule has 0 aliphatic rings. The Kier molecular flexibility index (Phi) is 8.29. The second kappa shape index (κ2) is 10.2. The lowest BCUT2D eigenvalue weighted by Crippen LogP contribution is -2.23. The number of rotatable bonds is 8. The number of hydrogen-bond donors (Lipinski definition) is 2. The van der Waals surface area contributed by atoms with Crippen LogP contribution in [-0.2, 0) is 11.2 Å². The van der Waals surface area contributed by atoms with Crippen molar-refractivity contribution in [2.24, 2.45) is 0 Å². The van der Waals surface area contributed by atoms with Crippen molar-refractivity contribution in [3.63, 3.8) is 0 Å². The Hall–Kier alpha value is -1.62. The number of amides is 1. The number of aromatic hydroxyl groups is 1. The highest BCUT2D eigenvalue weighted by Crippen LogP contribution is 2.34. The van der Waals surface area contributed by atoms with Gasteiger partial charge in [0.05, 0.1) is 5.75 Å². The molecule has 0 aliphatic carbocycles. The predicted molar refractivity (Wildman–Crippen MR) is 120 cm³/mol. The molecule has 0 saturated carbocycles. The highest BCUT2D eigenvalue weighted by atomic mass is 35.5. The van der Waals surface area contributed by atoms with Gasteiger partial charge in [-0.2, -0.15) is 0 Å². The molecule has 0 saturated heterocycles. The average Bonchev–Trinajstić information content (AvgIpc) is 2.63. The predicted octanol–water partition coefficient (Wildman–Crippen LogP) is 6.55. The third-order valence-corrected chi connectivity index (χ3v) is 5.97. The van der Waals surface area contributed by atoms with E-state index in [0.717, 1.165) is 21.6 Å². The Morgan fingerprint density at radius 2 is 1.86 bits per heavy atom. The van der Waals surface area contributed by atoms with Crippen molar-refractivity contribution in [2.45, 2.75) is 44.4 Å². The fraction of sp³-hybridized carbons (Fsp3) is 0.318. The van der Waals surface area contributed by atoms with Crippen LogP contribution in [0.1, 0.15) is 49.8 Å². The summed E-state index contributed by atoms with van der Waals surface area (Å²) in [4.78, 5) is 12.7. The summed E-state index contributed by atoms with van der Waals surface area (Å²) in [6.45, 7) is 9.78. The molecule has 0 heterocycles. The van der Waals surface area contributed by atoms with Crippen molar-refractivity contribution in [1.29, 1.82) is 0 Å². The Morgan fingerprint density at radius 1 is 1.21 bits per heavy atom. The summed E-state index contributed by atoms with van der Waals surface area (Å²) in [6.07, 6.45) is 1.28. The summed E-state index contributed by atoms with van der Waals surface area (Å²) < 4.78 is 0. The van der Waals surface area contributed by atoms with E-state index in [1.165, 1.54) is 11.8 Å². The smallest absolute Gasteiger partial charge is 0.234 e. The first-order chi connectivity index (χ1) is 13.2. The van der Waals surface area contributed by atoms with E-state index < -0.39 is 0 Å². The quantitative estimate of drug-likeness (QED) is 0.460. The van der Waals surface area contributed by atoms with E-state index >= 15 is 0 Å². The van der Waals surface area contributed by atoms with Gasteiger partial charge >= 0.3 is 0 Å². The normalized spacial score (nSPS) is 10.9. The van der Waals surface area contributed by atoms with Crippen molar-refractivity contribution >= 4 is 40.9 Å². The van der Waals surface area contributed by atoms with Gasteiger partial charge in [0.1, 0.15) is 5.75 Å². The minimum atomic E-state index is -0.0986. The van der Waals surface area contributed by atoms with Crippen LogP contribution >= 0.6 is 35.0 Å². The number of benzene rings is 2. The molecule has 6 heteroatoms. The summed E-state index contributed by atoms with van der Waals surface area (Å²) >= 11 is 14.3. The van der Waals surface area contributed by atoms with E-state index in [1.54, 1.807) is 6.07 Å². The maximum atomic E-state index is 11.9. The SMILES string of the molecule is C=C(CC)NC(=O)CSc1cc(Cl)c(Cc2ccc(O)c(C(C)C)c2)c(Cl)c1. The molecular formula is C22H25Cl2NO2S. The molecule has 0 fully saturated rings. The molecule has 2 aromatic carbocycles. The lowest BCUT2D eigenvalue weighted by Gasteiger charge is -2.13. The number of halogens is 2. The van der Waals surface area contributed by atoms with Gasteiger partial charge in [0.15, 0.2) is 0 Å². The van der Waals surface area contributed by atoms with E-state index in [4.69, 9.17) is 23.2 Å². The highest BCUT2D eigenvalue weighted by molar-refractivity contribution is 8.00. The van der Waals surface area contributed by atoms with Crippen LogP contribution in [0, 0.1) is 0 Å². The largest absolute Gasteiger partial charge is 0.508 e. The van der Waals surface area contributed by atoms with Gasteiger partial charge in [-0.3, -0.25) is 4.79 Å². The fourth-order valence-electron chi connectivity index (χ4n) is 2.68. The third kappa shape index (κ3) is 6.20. The first-order valence-electron chi connectivity index (χ1n) is 9.11. The number of allylic oxidation sites excluding steroid dienone is 1. The molecule has 3 nitrogen and oxygen atoms in total. The average molecular weight is 438 g/mol. The molecule has 0 bridgehead atoms. The van der Waals surface area contributed by atoms with Crippen LogP contribution in [0.15, 0.2) is 47.5 Å². The first-order valence-corrected chi connectivity index (χ1v) is 10.9. The third-order valence-electron chi connectivity index (χ3n) is 4.32. The summed E-state index contributed by atoms with van der Waals surface area (Å²) in [5.41, 5.74) is 3.46. The monoisotopic (exact) mass is 437 g/mol. The van der Waals surface area contributed by atoms with E-state index in [9.17, 15) is 9.90 Å². The number of nitrogens with one attached hydrogen (secondary N) is 1. The van der Waals surface area contributed by atoms with Gasteiger partial charge in [0.2, 0.25) is 5.91 Å². The number of thioether (sulfide) groups is 1. The Balaban J connectivity index is 2.13. The molecule has 0 unspecified atom stereocenters. The van der Waals surface area contributed by atoms with E-state index in [-0.39, 0.29) is 17.6 Å². The van der Waals surface area contributed by atoms with Gasteiger partial charge < -0.3 is 10.4 Å². The second-order valence-electron chi connectivity index (χ2n) is 6.88. The van der Waals surface area contributed by atoms with Crippen LogP contribution in [0.5, 0.6) is 5.75 Å². The van der Waals surface area contributed by atoms with Gasteiger partial charge in [-0.1, -0.05) is 62.7 Å². The molecule has 0 radical (unpaired) electrons. The van der Waals surface area contributed by atoms with Crippen molar-refractivity contribution in [3.8, 4) is 5.75 Å². The molecule has 0 aliphatic heterocycles. The molecule has 2 rings (SSSR count). The van der Waals surface area contributed by atoms with E-state index in [1.807, 2.05) is 45.0 Å². The minimum Gasteiger partial charge on any atom is -0.508 e. The van der Waals surface area contributed by atoms with E-state index in [0.29, 0.717) is 34.3 Å². The van der Waals surface area contributed by atoms with Crippen LogP contribution < -0.4 is 5.32 Å². The van der Waals surface area contributed by atoms with Crippen LogP contribution in [0.3, 0.4) is 0 Å². The van der Waals surface area contributed by atoms with Crippen molar-refractivity contribution < 1.29 is 9.90 Å². The fourth-order valence-corrected chi connectivity index (χ4v) is 4.21. The summed E-state index contributed by atoms with van der Waals surface area (Å²) in [7, 11) is 0. The van der Waals surface area contributed by atoms with Crippen LogP contribution in [0.25, 0.3) is 0 Å². The second-order valence-corrected chi connectivity index (χ2v) is 8.75. The zero-order chi connectivity index (χ0) is 20.8. The summed E-state index contributed by atoms with van der Waals surface area (Å²) in [5.74, 6) is 0.686.